The molecule has 2 aromatic carbocycles. The molecule has 0 saturated carbocycles. The molecule has 0 unspecified atom stereocenters. The van der Waals surface area contributed by atoms with Crippen molar-refractivity contribution in [2.45, 2.75) is 32.1 Å². The number of rotatable bonds is 5. The average Bonchev–Trinajstić information content (AvgIpc) is 3.03. The third-order valence-electron chi connectivity index (χ3n) is 5.71. The number of carbonyl (C=O) groups is 3. The fourth-order valence-corrected chi connectivity index (χ4v) is 5.53. The first-order chi connectivity index (χ1) is 16.5. The van der Waals surface area contributed by atoms with Gasteiger partial charge in [-0.2, -0.15) is 0 Å². The quantitative estimate of drug-likeness (QED) is 0.221. The molecule has 6 nitrogen and oxygen atoms in total. The van der Waals surface area contributed by atoms with Crippen LogP contribution >= 0.6 is 23.6 Å². The van der Waals surface area contributed by atoms with E-state index in [0.717, 1.165) is 42.5 Å². The highest BCUT2D eigenvalue weighted by Gasteiger charge is 2.26. The second-order valence-electron chi connectivity index (χ2n) is 7.94. The Bertz CT molecular complexity index is 1230. The van der Waals surface area contributed by atoms with Gasteiger partial charge in [0, 0.05) is 21.6 Å². The summed E-state index contributed by atoms with van der Waals surface area (Å²) in [4.78, 5) is 38.9. The number of carbonyl (C=O) groups excluding carboxylic acids is 3. The standard InChI is InChI=1S/C26H24N2O4S2/c1-32-25(31)21-19-10-6-3-7-11-20(19)34-24(21)28-26(33)27-23(30)18-14-12-17(13-15-18)22(29)16-8-4-2-5-9-16/h2,4-5,8-9,12-15H,3,6-7,10-11H2,1H3,(H2,27,28,30,33). The maximum absolute atomic E-state index is 12.7. The lowest BCUT2D eigenvalue weighted by atomic mass is 10.0. The smallest absolute Gasteiger partial charge is 0.341 e. The Morgan fingerprint density at radius 1 is 0.882 bits per heavy atom. The van der Waals surface area contributed by atoms with Gasteiger partial charge in [0.15, 0.2) is 10.9 Å². The SMILES string of the molecule is COC(=O)c1c(NC(=S)NC(=O)c2ccc(C(=O)c3ccccc3)cc2)sc2c1CCCCC2. The number of thiophene rings is 1. The number of methoxy groups -OCH3 is 1. The Labute approximate surface area is 207 Å². The summed E-state index contributed by atoms with van der Waals surface area (Å²) in [6, 6.07) is 15.4. The molecule has 4 rings (SSSR count). The molecule has 1 aliphatic rings. The van der Waals surface area contributed by atoms with Crippen LogP contribution in [-0.4, -0.2) is 29.9 Å². The van der Waals surface area contributed by atoms with Crippen molar-refractivity contribution in [1.82, 2.24) is 5.32 Å². The number of esters is 1. The summed E-state index contributed by atoms with van der Waals surface area (Å²) in [6.07, 6.45) is 4.98. The van der Waals surface area contributed by atoms with E-state index in [1.165, 1.54) is 18.4 Å². The third kappa shape index (κ3) is 5.24. The van der Waals surface area contributed by atoms with Crippen molar-refractivity contribution in [1.29, 1.82) is 0 Å². The van der Waals surface area contributed by atoms with Crippen molar-refractivity contribution in [3.05, 3.63) is 87.3 Å². The van der Waals surface area contributed by atoms with E-state index in [0.29, 0.717) is 27.3 Å². The lowest BCUT2D eigenvalue weighted by molar-refractivity contribution is 0.0601. The molecule has 1 aliphatic carbocycles. The van der Waals surface area contributed by atoms with E-state index in [2.05, 4.69) is 10.6 Å². The van der Waals surface area contributed by atoms with Gasteiger partial charge in [0.1, 0.15) is 5.00 Å². The summed E-state index contributed by atoms with van der Waals surface area (Å²) in [7, 11) is 1.36. The van der Waals surface area contributed by atoms with Gasteiger partial charge in [0.05, 0.1) is 12.7 Å². The number of ether oxygens (including phenoxy) is 1. The van der Waals surface area contributed by atoms with Crippen LogP contribution in [-0.2, 0) is 17.6 Å². The second kappa shape index (κ2) is 10.7. The number of amides is 1. The number of benzene rings is 2. The predicted molar refractivity (Wildman–Crippen MR) is 137 cm³/mol. The Hall–Kier alpha value is -3.36. The van der Waals surface area contributed by atoms with Gasteiger partial charge in [-0.3, -0.25) is 14.9 Å². The molecule has 0 saturated heterocycles. The molecule has 174 valence electrons. The van der Waals surface area contributed by atoms with Gasteiger partial charge in [0.25, 0.3) is 5.91 Å². The minimum Gasteiger partial charge on any atom is -0.465 e. The van der Waals surface area contributed by atoms with Crippen molar-refractivity contribution in [2.24, 2.45) is 0 Å². The van der Waals surface area contributed by atoms with Crippen molar-refractivity contribution in [3.63, 3.8) is 0 Å². The minimum absolute atomic E-state index is 0.0935. The molecule has 3 aromatic rings. The number of fused-ring (bicyclic) bond motifs is 1. The number of anilines is 1. The van der Waals surface area contributed by atoms with Gasteiger partial charge < -0.3 is 10.1 Å². The average molecular weight is 493 g/mol. The molecule has 1 amide bonds. The zero-order valence-corrected chi connectivity index (χ0v) is 20.3. The van der Waals surface area contributed by atoms with Gasteiger partial charge in [-0.1, -0.05) is 48.9 Å². The molecule has 1 aromatic heterocycles. The summed E-state index contributed by atoms with van der Waals surface area (Å²) < 4.78 is 5.01. The van der Waals surface area contributed by atoms with Crippen LogP contribution in [0.1, 0.15) is 66.3 Å². The number of ketones is 1. The highest BCUT2D eigenvalue weighted by Crippen LogP contribution is 2.37. The zero-order chi connectivity index (χ0) is 24.1. The van der Waals surface area contributed by atoms with Gasteiger partial charge in [-0.15, -0.1) is 11.3 Å². The monoisotopic (exact) mass is 492 g/mol. The minimum atomic E-state index is -0.408. The molecule has 0 spiro atoms. The van der Waals surface area contributed by atoms with E-state index >= 15 is 0 Å². The molecular formula is C26H24N2O4S2. The lowest BCUT2D eigenvalue weighted by Crippen LogP contribution is -2.34. The number of thiocarbonyl (C=S) groups is 1. The highest BCUT2D eigenvalue weighted by atomic mass is 32.1. The number of hydrogen-bond donors (Lipinski definition) is 2. The van der Waals surface area contributed by atoms with E-state index in [4.69, 9.17) is 17.0 Å². The van der Waals surface area contributed by atoms with Crippen LogP contribution in [0.3, 0.4) is 0 Å². The van der Waals surface area contributed by atoms with Crippen molar-refractivity contribution < 1.29 is 19.1 Å². The number of aryl methyl sites for hydroxylation is 1. The van der Waals surface area contributed by atoms with E-state index in [1.807, 2.05) is 6.07 Å². The normalized spacial score (nSPS) is 12.7. The molecule has 34 heavy (non-hydrogen) atoms. The first-order valence-electron chi connectivity index (χ1n) is 11.0. The Balaban J connectivity index is 1.45. The first kappa shape index (κ1) is 23.8. The summed E-state index contributed by atoms with van der Waals surface area (Å²) in [5, 5.41) is 6.36. The fourth-order valence-electron chi connectivity index (χ4n) is 3.99. The molecule has 1 heterocycles. The molecule has 0 fully saturated rings. The predicted octanol–water partition coefficient (Wildman–Crippen LogP) is 5.16. The number of hydrogen-bond acceptors (Lipinski definition) is 6. The van der Waals surface area contributed by atoms with E-state index < -0.39 is 11.9 Å². The maximum Gasteiger partial charge on any atom is 0.341 e. The lowest BCUT2D eigenvalue weighted by Gasteiger charge is -2.11. The van der Waals surface area contributed by atoms with Crippen LogP contribution in [0.25, 0.3) is 0 Å². The van der Waals surface area contributed by atoms with Crippen LogP contribution in [0.2, 0.25) is 0 Å². The Morgan fingerprint density at radius 2 is 1.53 bits per heavy atom. The fraction of sp³-hybridized carbons (Fsp3) is 0.231. The van der Waals surface area contributed by atoms with E-state index in [9.17, 15) is 14.4 Å². The van der Waals surface area contributed by atoms with Crippen molar-refractivity contribution in [2.75, 3.05) is 12.4 Å². The van der Waals surface area contributed by atoms with Crippen molar-refractivity contribution in [3.8, 4) is 0 Å². The molecule has 0 radical (unpaired) electrons. The van der Waals surface area contributed by atoms with E-state index in [1.54, 1.807) is 48.5 Å². The molecule has 0 aliphatic heterocycles. The van der Waals surface area contributed by atoms with E-state index in [-0.39, 0.29) is 10.9 Å². The molecular weight excluding hydrogens is 468 g/mol. The van der Waals surface area contributed by atoms with Crippen molar-refractivity contribution >= 4 is 51.3 Å². The number of nitrogens with one attached hydrogen (secondary N) is 2. The Kier molecular flexibility index (Phi) is 7.49. The topological polar surface area (TPSA) is 84.5 Å². The molecule has 8 heteroatoms. The van der Waals surface area contributed by atoms with Crippen LogP contribution < -0.4 is 10.6 Å². The highest BCUT2D eigenvalue weighted by molar-refractivity contribution is 7.80. The van der Waals surface area contributed by atoms with Gasteiger partial charge >= 0.3 is 5.97 Å². The van der Waals surface area contributed by atoms with Crippen LogP contribution in [0.15, 0.2) is 54.6 Å². The first-order valence-corrected chi connectivity index (χ1v) is 12.3. The zero-order valence-electron chi connectivity index (χ0n) is 18.7. The summed E-state index contributed by atoms with van der Waals surface area (Å²) >= 11 is 6.84. The molecule has 0 bridgehead atoms. The largest absolute Gasteiger partial charge is 0.465 e. The second-order valence-corrected chi connectivity index (χ2v) is 9.45. The van der Waals surface area contributed by atoms with Crippen LogP contribution in [0.5, 0.6) is 0 Å². The van der Waals surface area contributed by atoms with Crippen LogP contribution in [0.4, 0.5) is 5.00 Å². The van der Waals surface area contributed by atoms with Gasteiger partial charge in [-0.25, -0.2) is 4.79 Å². The van der Waals surface area contributed by atoms with Crippen LogP contribution in [0, 0.1) is 0 Å². The maximum atomic E-state index is 12.7. The molecule has 2 N–H and O–H groups in total. The third-order valence-corrected chi connectivity index (χ3v) is 7.12. The molecule has 0 atom stereocenters. The summed E-state index contributed by atoms with van der Waals surface area (Å²) in [5.74, 6) is -0.929. The Morgan fingerprint density at radius 3 is 2.24 bits per heavy atom. The summed E-state index contributed by atoms with van der Waals surface area (Å²) in [5.41, 5.74) is 2.96. The van der Waals surface area contributed by atoms with Gasteiger partial charge in [-0.05, 0) is 55.6 Å². The van der Waals surface area contributed by atoms with Gasteiger partial charge in [0.2, 0.25) is 0 Å². The summed E-state index contributed by atoms with van der Waals surface area (Å²) in [6.45, 7) is 0.